The van der Waals surface area contributed by atoms with Gasteiger partial charge in [0.1, 0.15) is 5.69 Å². The monoisotopic (exact) mass is 379 g/mol. The van der Waals surface area contributed by atoms with Crippen LogP contribution in [-0.4, -0.2) is 47.4 Å². The Labute approximate surface area is 160 Å². The van der Waals surface area contributed by atoms with Crippen molar-refractivity contribution >= 4 is 5.95 Å². The van der Waals surface area contributed by atoms with Crippen LogP contribution in [0.3, 0.4) is 0 Å². The number of H-pyrrole nitrogens is 1. The number of hydrogen-bond acceptors (Lipinski definition) is 7. The fourth-order valence-corrected chi connectivity index (χ4v) is 2.72. The molecule has 4 rings (SSSR count). The summed E-state index contributed by atoms with van der Waals surface area (Å²) < 4.78 is 14.0. The van der Waals surface area contributed by atoms with E-state index in [-0.39, 0.29) is 5.69 Å². The summed E-state index contributed by atoms with van der Waals surface area (Å²) >= 11 is 0. The zero-order valence-electron chi connectivity index (χ0n) is 15.6. The van der Waals surface area contributed by atoms with Crippen LogP contribution >= 0.6 is 0 Å². The van der Waals surface area contributed by atoms with Crippen molar-refractivity contribution in [1.82, 2.24) is 40.4 Å². The summed E-state index contributed by atoms with van der Waals surface area (Å²) in [4.78, 5) is 11.6. The zero-order chi connectivity index (χ0) is 19.7. The third-order valence-corrected chi connectivity index (χ3v) is 4.26. The van der Waals surface area contributed by atoms with Crippen molar-refractivity contribution < 1.29 is 4.39 Å². The van der Waals surface area contributed by atoms with Crippen LogP contribution in [0.1, 0.15) is 17.0 Å². The molecule has 9 nitrogen and oxygen atoms in total. The molecule has 142 valence electrons. The Bertz CT molecular complexity index is 1120. The molecule has 0 aliphatic heterocycles. The van der Waals surface area contributed by atoms with Crippen LogP contribution in [0.15, 0.2) is 36.7 Å². The molecule has 0 saturated carbocycles. The maximum atomic E-state index is 14.0. The Morgan fingerprint density at radius 3 is 2.89 bits per heavy atom. The number of aromatic nitrogens is 8. The van der Waals surface area contributed by atoms with Gasteiger partial charge in [0, 0.05) is 25.0 Å². The summed E-state index contributed by atoms with van der Waals surface area (Å²) in [7, 11) is 1.82. The SMILES string of the molecule is Cc1ccc(F)c(-n2nnc(CN(C)c3n[nH]c(-c4cnccc4C)n3)n2)c1. The van der Waals surface area contributed by atoms with E-state index in [9.17, 15) is 4.39 Å². The molecule has 0 unspecified atom stereocenters. The number of aryl methyl sites for hydroxylation is 2. The summed E-state index contributed by atoms with van der Waals surface area (Å²) in [6, 6.07) is 6.65. The molecule has 0 saturated heterocycles. The predicted octanol–water partition coefficient (Wildman–Crippen LogP) is 2.23. The maximum Gasteiger partial charge on any atom is 0.245 e. The number of benzene rings is 1. The van der Waals surface area contributed by atoms with Crippen LogP contribution in [-0.2, 0) is 6.54 Å². The van der Waals surface area contributed by atoms with Crippen LogP contribution in [0.25, 0.3) is 17.1 Å². The van der Waals surface area contributed by atoms with E-state index in [1.54, 1.807) is 29.4 Å². The van der Waals surface area contributed by atoms with E-state index in [2.05, 4.69) is 35.6 Å². The first-order chi connectivity index (χ1) is 13.5. The molecular weight excluding hydrogens is 361 g/mol. The lowest BCUT2D eigenvalue weighted by molar-refractivity contribution is 0.590. The normalized spacial score (nSPS) is 11.0. The number of tetrazole rings is 1. The topological polar surface area (TPSA) is 101 Å². The molecule has 0 radical (unpaired) electrons. The smallest absolute Gasteiger partial charge is 0.245 e. The minimum atomic E-state index is -0.409. The van der Waals surface area contributed by atoms with Crippen molar-refractivity contribution in [2.24, 2.45) is 0 Å². The number of aromatic amines is 1. The summed E-state index contributed by atoms with van der Waals surface area (Å²) in [5.41, 5.74) is 3.10. The Hall–Kier alpha value is -3.69. The van der Waals surface area contributed by atoms with E-state index in [1.165, 1.54) is 10.9 Å². The molecule has 28 heavy (non-hydrogen) atoms. The molecule has 3 heterocycles. The Kier molecular flexibility index (Phi) is 4.52. The van der Waals surface area contributed by atoms with Gasteiger partial charge in [-0.05, 0) is 48.4 Å². The Morgan fingerprint density at radius 2 is 2.07 bits per heavy atom. The molecule has 1 N–H and O–H groups in total. The molecule has 3 aromatic heterocycles. The van der Waals surface area contributed by atoms with Crippen molar-refractivity contribution in [3.8, 4) is 17.1 Å². The van der Waals surface area contributed by atoms with Gasteiger partial charge < -0.3 is 4.90 Å². The number of hydrogen-bond donors (Lipinski definition) is 1. The van der Waals surface area contributed by atoms with Crippen molar-refractivity contribution in [3.63, 3.8) is 0 Å². The van der Waals surface area contributed by atoms with Gasteiger partial charge in [-0.15, -0.1) is 20.1 Å². The van der Waals surface area contributed by atoms with E-state index < -0.39 is 5.82 Å². The second-order valence-electron chi connectivity index (χ2n) is 6.48. The quantitative estimate of drug-likeness (QED) is 0.567. The van der Waals surface area contributed by atoms with Crippen molar-refractivity contribution in [2.75, 3.05) is 11.9 Å². The summed E-state index contributed by atoms with van der Waals surface area (Å²) in [6.07, 6.45) is 3.47. The van der Waals surface area contributed by atoms with Gasteiger partial charge in [0.05, 0.1) is 6.54 Å². The Balaban J connectivity index is 1.52. The molecule has 1 aromatic carbocycles. The minimum Gasteiger partial charge on any atom is -0.335 e. The predicted molar refractivity (Wildman–Crippen MR) is 100 cm³/mol. The first-order valence-corrected chi connectivity index (χ1v) is 8.61. The van der Waals surface area contributed by atoms with E-state index in [0.29, 0.717) is 24.1 Å². The van der Waals surface area contributed by atoms with Crippen LogP contribution in [0.5, 0.6) is 0 Å². The number of pyridine rings is 1. The number of nitrogens with one attached hydrogen (secondary N) is 1. The average molecular weight is 379 g/mol. The van der Waals surface area contributed by atoms with Gasteiger partial charge in [-0.25, -0.2) is 4.39 Å². The fourth-order valence-electron chi connectivity index (χ4n) is 2.72. The average Bonchev–Trinajstić information content (AvgIpc) is 3.34. The number of nitrogens with zero attached hydrogens (tertiary/aromatic N) is 8. The first kappa shape index (κ1) is 17.7. The lowest BCUT2D eigenvalue weighted by Crippen LogP contribution is -2.19. The van der Waals surface area contributed by atoms with Gasteiger partial charge in [0.2, 0.25) is 5.95 Å². The second kappa shape index (κ2) is 7.14. The van der Waals surface area contributed by atoms with Crippen LogP contribution in [0.2, 0.25) is 0 Å². The minimum absolute atomic E-state index is 0.258. The largest absolute Gasteiger partial charge is 0.335 e. The zero-order valence-corrected chi connectivity index (χ0v) is 15.6. The van der Waals surface area contributed by atoms with Crippen molar-refractivity contribution in [3.05, 3.63) is 59.4 Å². The van der Waals surface area contributed by atoms with E-state index in [0.717, 1.165) is 16.7 Å². The van der Waals surface area contributed by atoms with Gasteiger partial charge in [-0.2, -0.15) is 4.98 Å². The van der Waals surface area contributed by atoms with E-state index >= 15 is 0 Å². The molecule has 10 heteroatoms. The highest BCUT2D eigenvalue weighted by Gasteiger charge is 2.15. The standard InChI is InChI=1S/C18H18FN9/c1-11-4-5-14(19)15(8-11)28-25-16(22-26-28)10-27(3)18-21-17(23-24-18)13-9-20-7-6-12(13)2/h4-9H,10H2,1-3H3,(H,21,23,24). The van der Waals surface area contributed by atoms with Crippen LogP contribution in [0.4, 0.5) is 10.3 Å². The van der Waals surface area contributed by atoms with Crippen molar-refractivity contribution in [1.29, 1.82) is 0 Å². The highest BCUT2D eigenvalue weighted by atomic mass is 19.1. The molecule has 0 spiro atoms. The molecular formula is C18H18FN9. The maximum absolute atomic E-state index is 14.0. The van der Waals surface area contributed by atoms with Gasteiger partial charge in [-0.3, -0.25) is 10.1 Å². The molecule has 0 bridgehead atoms. The lowest BCUT2D eigenvalue weighted by atomic mass is 10.1. The molecule has 0 aliphatic rings. The highest BCUT2D eigenvalue weighted by Crippen LogP contribution is 2.20. The number of anilines is 1. The van der Waals surface area contributed by atoms with Crippen molar-refractivity contribution in [2.45, 2.75) is 20.4 Å². The molecule has 0 atom stereocenters. The fraction of sp³-hybridized carbons (Fsp3) is 0.222. The summed E-state index contributed by atoms with van der Waals surface area (Å²) in [6.45, 7) is 4.17. The molecule has 0 amide bonds. The number of rotatable bonds is 5. The third kappa shape index (κ3) is 3.43. The number of halogens is 1. The molecule has 4 aromatic rings. The van der Waals surface area contributed by atoms with Gasteiger partial charge >= 0.3 is 0 Å². The lowest BCUT2D eigenvalue weighted by Gasteiger charge is -2.11. The van der Waals surface area contributed by atoms with Crippen LogP contribution in [0, 0.1) is 19.7 Å². The van der Waals surface area contributed by atoms with Crippen LogP contribution < -0.4 is 4.90 Å². The Morgan fingerprint density at radius 1 is 1.21 bits per heavy atom. The summed E-state index contributed by atoms with van der Waals surface area (Å²) in [5, 5.41) is 19.4. The van der Waals surface area contributed by atoms with E-state index in [4.69, 9.17) is 0 Å². The van der Waals surface area contributed by atoms with Gasteiger partial charge in [0.25, 0.3) is 0 Å². The third-order valence-electron chi connectivity index (χ3n) is 4.26. The first-order valence-electron chi connectivity index (χ1n) is 8.61. The second-order valence-corrected chi connectivity index (χ2v) is 6.48. The highest BCUT2D eigenvalue weighted by molar-refractivity contribution is 5.59. The molecule has 0 fully saturated rings. The van der Waals surface area contributed by atoms with Gasteiger partial charge in [0.15, 0.2) is 17.5 Å². The summed E-state index contributed by atoms with van der Waals surface area (Å²) in [5.74, 6) is 1.13. The van der Waals surface area contributed by atoms with Gasteiger partial charge in [-0.1, -0.05) is 6.07 Å². The van der Waals surface area contributed by atoms with E-state index in [1.807, 2.05) is 27.0 Å². The molecule has 0 aliphatic carbocycles.